The highest BCUT2D eigenvalue weighted by Gasteiger charge is 1.93. The molecule has 0 aromatic carbocycles. The molecule has 0 fully saturated rings. The third kappa shape index (κ3) is 1.93. The molecule has 0 aliphatic heterocycles. The Labute approximate surface area is 39.5 Å². The summed E-state index contributed by atoms with van der Waals surface area (Å²) in [7, 11) is 0. The summed E-state index contributed by atoms with van der Waals surface area (Å²) in [6.07, 6.45) is 0. The molecule has 42 valence electrons. The molecule has 0 unspecified atom stereocenters. The largest absolute Gasteiger partial charge is 0.367 e. The molecule has 0 atom stereocenters. The number of nitrogens with one attached hydrogen (secondary N) is 2. The zero-order valence-corrected chi connectivity index (χ0v) is 3.42. The summed E-state index contributed by atoms with van der Waals surface area (Å²) < 4.78 is 0. The predicted molar refractivity (Wildman–Crippen MR) is 20.5 cm³/mol. The van der Waals surface area contributed by atoms with Crippen LogP contribution in [0.15, 0.2) is 0 Å². The lowest BCUT2D eigenvalue weighted by Gasteiger charge is -2.07. The van der Waals surface area contributed by atoms with Gasteiger partial charge in [0.25, 0.3) is 0 Å². The fourth-order valence-corrected chi connectivity index (χ4v) is 0.0539. The SMILES string of the molecule is N=C(N)N(O)NO. The molecular weight excluding hydrogens is 100 g/mol. The fourth-order valence-electron chi connectivity index (χ4n) is 0.0539. The quantitative estimate of drug-likeness (QED) is 0.158. The monoisotopic (exact) mass is 106 g/mol. The third-order valence-corrected chi connectivity index (χ3v) is 0.323. The Morgan fingerprint density at radius 1 is 1.86 bits per heavy atom. The van der Waals surface area contributed by atoms with E-state index >= 15 is 0 Å². The first kappa shape index (κ1) is 6.15. The van der Waals surface area contributed by atoms with Crippen LogP contribution in [-0.2, 0) is 0 Å². The average molecular weight is 106 g/mol. The lowest BCUT2D eigenvalue weighted by Crippen LogP contribution is -2.42. The summed E-state index contributed by atoms with van der Waals surface area (Å²) in [5.41, 5.74) is 5.79. The maximum atomic E-state index is 8.06. The highest BCUT2D eigenvalue weighted by Crippen LogP contribution is 1.61. The zero-order chi connectivity index (χ0) is 5.86. The van der Waals surface area contributed by atoms with E-state index in [1.165, 1.54) is 5.59 Å². The van der Waals surface area contributed by atoms with Crippen LogP contribution in [-0.4, -0.2) is 21.5 Å². The Morgan fingerprint density at radius 3 is 2.29 bits per heavy atom. The van der Waals surface area contributed by atoms with Gasteiger partial charge < -0.3 is 5.73 Å². The normalized spacial score (nSPS) is 8.29. The molecule has 0 aliphatic carbocycles. The summed E-state index contributed by atoms with van der Waals surface area (Å²) in [6, 6.07) is 0. The third-order valence-electron chi connectivity index (χ3n) is 0.323. The molecule has 0 aromatic heterocycles. The van der Waals surface area contributed by atoms with E-state index in [0.717, 1.165) is 0 Å². The number of hydroxylamine groups is 1. The van der Waals surface area contributed by atoms with E-state index in [-0.39, 0.29) is 5.17 Å². The van der Waals surface area contributed by atoms with Crippen molar-refractivity contribution >= 4 is 5.96 Å². The van der Waals surface area contributed by atoms with Gasteiger partial charge in [0, 0.05) is 0 Å². The Morgan fingerprint density at radius 2 is 2.29 bits per heavy atom. The Kier molecular flexibility index (Phi) is 2.06. The highest BCUT2D eigenvalue weighted by atomic mass is 16.7. The Hall–Kier alpha value is -0.850. The van der Waals surface area contributed by atoms with Gasteiger partial charge in [0.1, 0.15) is 0 Å². The van der Waals surface area contributed by atoms with Crippen molar-refractivity contribution < 1.29 is 10.4 Å². The van der Waals surface area contributed by atoms with Crippen molar-refractivity contribution in [3.05, 3.63) is 0 Å². The van der Waals surface area contributed by atoms with Crippen LogP contribution in [0.5, 0.6) is 0 Å². The van der Waals surface area contributed by atoms with Gasteiger partial charge in [0.05, 0.1) is 0 Å². The van der Waals surface area contributed by atoms with E-state index in [0.29, 0.717) is 0 Å². The molecule has 0 aromatic rings. The minimum absolute atomic E-state index is 0.0417. The first-order valence-corrected chi connectivity index (χ1v) is 1.41. The fraction of sp³-hybridized carbons (Fsp3) is 0. The van der Waals surface area contributed by atoms with Gasteiger partial charge in [-0.1, -0.05) is 5.59 Å². The minimum atomic E-state index is -0.678. The maximum Gasteiger partial charge on any atom is 0.231 e. The smallest absolute Gasteiger partial charge is 0.231 e. The van der Waals surface area contributed by atoms with E-state index in [1.807, 2.05) is 0 Å². The van der Waals surface area contributed by atoms with E-state index in [4.69, 9.17) is 15.8 Å². The number of hydrazine groups is 1. The van der Waals surface area contributed by atoms with E-state index in [9.17, 15) is 0 Å². The molecule has 0 aliphatic rings. The van der Waals surface area contributed by atoms with E-state index < -0.39 is 5.96 Å². The molecule has 0 heterocycles. The topological polar surface area (TPSA) is 106 Å². The molecule has 0 bridgehead atoms. The van der Waals surface area contributed by atoms with Crippen molar-refractivity contribution in [2.75, 3.05) is 0 Å². The van der Waals surface area contributed by atoms with Crippen LogP contribution in [0.3, 0.4) is 0 Å². The van der Waals surface area contributed by atoms with Gasteiger partial charge in [0.15, 0.2) is 0 Å². The lowest BCUT2D eigenvalue weighted by molar-refractivity contribution is -0.159. The van der Waals surface area contributed by atoms with Crippen LogP contribution >= 0.6 is 0 Å². The van der Waals surface area contributed by atoms with Crippen molar-refractivity contribution in [2.45, 2.75) is 0 Å². The van der Waals surface area contributed by atoms with Crippen molar-refractivity contribution in [1.82, 2.24) is 10.8 Å². The zero-order valence-electron chi connectivity index (χ0n) is 3.42. The second-order valence-corrected chi connectivity index (χ2v) is 0.797. The number of nitrogens with two attached hydrogens (primary N) is 1. The van der Waals surface area contributed by atoms with Gasteiger partial charge in [-0.05, 0) is 0 Å². The van der Waals surface area contributed by atoms with Crippen LogP contribution in [0, 0.1) is 5.41 Å². The highest BCUT2D eigenvalue weighted by molar-refractivity contribution is 5.72. The maximum absolute atomic E-state index is 8.06. The summed E-state index contributed by atoms with van der Waals surface area (Å²) in [6.45, 7) is 0. The second-order valence-electron chi connectivity index (χ2n) is 0.797. The average Bonchev–Trinajstić information content (AvgIpc) is 1.65. The molecule has 6 N–H and O–H groups in total. The summed E-state index contributed by atoms with van der Waals surface area (Å²) in [5, 5.41) is 22.1. The van der Waals surface area contributed by atoms with Crippen LogP contribution < -0.4 is 11.3 Å². The number of hydrogen-bond acceptors (Lipinski definition) is 4. The summed E-state index contributed by atoms with van der Waals surface area (Å²) >= 11 is 0. The lowest BCUT2D eigenvalue weighted by atomic mass is 11.1. The molecule has 6 nitrogen and oxygen atoms in total. The Balaban J connectivity index is 3.34. The van der Waals surface area contributed by atoms with Gasteiger partial charge in [-0.25, -0.2) is 0 Å². The molecule has 6 heteroatoms. The van der Waals surface area contributed by atoms with Crippen molar-refractivity contribution in [3.8, 4) is 0 Å². The van der Waals surface area contributed by atoms with Gasteiger partial charge >= 0.3 is 0 Å². The van der Waals surface area contributed by atoms with E-state index in [1.54, 1.807) is 0 Å². The number of hydrogen-bond donors (Lipinski definition) is 5. The minimum Gasteiger partial charge on any atom is -0.367 e. The van der Waals surface area contributed by atoms with Gasteiger partial charge in [0.2, 0.25) is 5.96 Å². The summed E-state index contributed by atoms with van der Waals surface area (Å²) in [4.78, 5) is 0. The number of rotatable bonds is 1. The predicted octanol–water partition coefficient (Wildman–Crippen LogP) is -1.54. The molecule has 0 saturated carbocycles. The van der Waals surface area contributed by atoms with Crippen LogP contribution in [0.4, 0.5) is 0 Å². The van der Waals surface area contributed by atoms with Crippen molar-refractivity contribution in [1.29, 1.82) is 5.41 Å². The molecular formula is CH6N4O2. The number of nitrogens with zero attached hydrogens (tertiary/aromatic N) is 1. The van der Waals surface area contributed by atoms with E-state index in [2.05, 4.69) is 5.73 Å². The van der Waals surface area contributed by atoms with Gasteiger partial charge in [-0.15, -0.1) is 5.17 Å². The molecule has 0 saturated heterocycles. The summed E-state index contributed by atoms with van der Waals surface area (Å²) in [5.74, 6) is -0.678. The van der Waals surface area contributed by atoms with Gasteiger partial charge in [-0.3, -0.25) is 15.8 Å². The van der Waals surface area contributed by atoms with Crippen LogP contribution in [0.1, 0.15) is 0 Å². The second kappa shape index (κ2) is 2.35. The Bertz CT molecular complexity index is 72.1. The molecule has 0 rings (SSSR count). The molecule has 7 heavy (non-hydrogen) atoms. The molecule has 0 amide bonds. The molecule has 0 radical (unpaired) electrons. The van der Waals surface area contributed by atoms with Gasteiger partial charge in [-0.2, -0.15) is 0 Å². The first-order valence-electron chi connectivity index (χ1n) is 1.41. The van der Waals surface area contributed by atoms with Crippen molar-refractivity contribution in [3.63, 3.8) is 0 Å². The standard InChI is InChI=1S/CH6N4O2/c2-1(3)5(7)4-6/h4,6-7H,(H3,2,3). The van der Waals surface area contributed by atoms with Crippen LogP contribution in [0.2, 0.25) is 0 Å². The van der Waals surface area contributed by atoms with Crippen LogP contribution in [0.25, 0.3) is 0 Å². The number of guanidine groups is 1. The first-order chi connectivity index (χ1) is 3.18. The molecule has 0 spiro atoms. The van der Waals surface area contributed by atoms with Crippen molar-refractivity contribution in [2.24, 2.45) is 5.73 Å².